The van der Waals surface area contributed by atoms with E-state index in [0.717, 1.165) is 43.6 Å². The van der Waals surface area contributed by atoms with Gasteiger partial charge in [0, 0.05) is 12.4 Å². The highest BCUT2D eigenvalue weighted by Crippen LogP contribution is 2.32. The summed E-state index contributed by atoms with van der Waals surface area (Å²) in [5, 5.41) is 10.4. The van der Waals surface area contributed by atoms with Crippen LogP contribution in [0.15, 0.2) is 12.4 Å². The number of piperidine rings is 1. The van der Waals surface area contributed by atoms with Gasteiger partial charge in [-0.2, -0.15) is 0 Å². The SMILES string of the molecule is CC1CCCC(CCN2CCC(C(O)c3ncc[nH]3)CC2)C1. The van der Waals surface area contributed by atoms with Gasteiger partial charge in [-0.1, -0.05) is 26.2 Å². The van der Waals surface area contributed by atoms with Gasteiger partial charge < -0.3 is 15.0 Å². The number of aromatic nitrogens is 2. The fourth-order valence-corrected chi connectivity index (χ4v) is 4.34. The first-order valence-corrected chi connectivity index (χ1v) is 9.12. The molecule has 2 N–H and O–H groups in total. The van der Waals surface area contributed by atoms with Crippen molar-refractivity contribution in [3.63, 3.8) is 0 Å². The molecule has 0 amide bonds. The minimum absolute atomic E-state index is 0.358. The number of hydrogen-bond donors (Lipinski definition) is 2. The Hall–Kier alpha value is -0.870. The van der Waals surface area contributed by atoms with Crippen molar-refractivity contribution < 1.29 is 5.11 Å². The van der Waals surface area contributed by atoms with E-state index in [1.807, 2.05) is 0 Å². The van der Waals surface area contributed by atoms with Crippen LogP contribution < -0.4 is 0 Å². The molecule has 124 valence electrons. The Kier molecular flexibility index (Phi) is 5.53. The quantitative estimate of drug-likeness (QED) is 0.877. The van der Waals surface area contributed by atoms with E-state index in [0.29, 0.717) is 5.92 Å². The van der Waals surface area contributed by atoms with Crippen LogP contribution >= 0.6 is 0 Å². The van der Waals surface area contributed by atoms with Gasteiger partial charge in [-0.25, -0.2) is 4.98 Å². The van der Waals surface area contributed by atoms with Gasteiger partial charge in [-0.3, -0.25) is 0 Å². The van der Waals surface area contributed by atoms with Crippen LogP contribution in [0.25, 0.3) is 0 Å². The Morgan fingerprint density at radius 1 is 1.32 bits per heavy atom. The maximum atomic E-state index is 10.4. The monoisotopic (exact) mass is 305 g/mol. The Labute approximate surface area is 134 Å². The number of nitrogens with zero attached hydrogens (tertiary/aromatic N) is 2. The topological polar surface area (TPSA) is 52.1 Å². The van der Waals surface area contributed by atoms with Crippen LogP contribution in [0.5, 0.6) is 0 Å². The molecule has 1 aromatic heterocycles. The second-order valence-electron chi connectivity index (χ2n) is 7.52. The summed E-state index contributed by atoms with van der Waals surface area (Å²) in [6.45, 7) is 5.92. The number of aliphatic hydroxyl groups excluding tert-OH is 1. The first kappa shape index (κ1) is 16.0. The van der Waals surface area contributed by atoms with Crippen LogP contribution in [0.3, 0.4) is 0 Å². The number of rotatable bonds is 5. The Balaban J connectivity index is 1.38. The van der Waals surface area contributed by atoms with Crippen molar-refractivity contribution in [1.29, 1.82) is 0 Å². The zero-order valence-corrected chi connectivity index (χ0v) is 13.9. The van der Waals surface area contributed by atoms with Crippen molar-refractivity contribution in [2.45, 2.75) is 58.0 Å². The maximum absolute atomic E-state index is 10.4. The summed E-state index contributed by atoms with van der Waals surface area (Å²) in [6, 6.07) is 0. The molecule has 2 heterocycles. The van der Waals surface area contributed by atoms with Crippen LogP contribution in [0.2, 0.25) is 0 Å². The van der Waals surface area contributed by atoms with E-state index in [4.69, 9.17) is 0 Å². The lowest BCUT2D eigenvalue weighted by atomic mass is 9.80. The van der Waals surface area contributed by atoms with Gasteiger partial charge in [0.05, 0.1) is 0 Å². The molecule has 1 aromatic rings. The van der Waals surface area contributed by atoms with E-state index in [-0.39, 0.29) is 0 Å². The van der Waals surface area contributed by atoms with Gasteiger partial charge in [0.2, 0.25) is 0 Å². The van der Waals surface area contributed by atoms with Crippen LogP contribution in [-0.2, 0) is 0 Å². The molecule has 0 bridgehead atoms. The molecule has 2 aliphatic rings. The molecule has 3 unspecified atom stereocenters. The van der Waals surface area contributed by atoms with Gasteiger partial charge in [0.15, 0.2) is 0 Å². The Morgan fingerprint density at radius 3 is 2.82 bits per heavy atom. The van der Waals surface area contributed by atoms with Crippen molar-refractivity contribution in [3.05, 3.63) is 18.2 Å². The fourth-order valence-electron chi connectivity index (χ4n) is 4.34. The summed E-state index contributed by atoms with van der Waals surface area (Å²) < 4.78 is 0. The average molecular weight is 305 g/mol. The molecule has 4 heteroatoms. The smallest absolute Gasteiger partial charge is 0.135 e. The first-order chi connectivity index (χ1) is 10.7. The van der Waals surface area contributed by atoms with Crippen LogP contribution in [-0.4, -0.2) is 39.6 Å². The summed E-state index contributed by atoms with van der Waals surface area (Å²) in [5.41, 5.74) is 0. The summed E-state index contributed by atoms with van der Waals surface area (Å²) in [4.78, 5) is 9.84. The predicted octanol–water partition coefficient (Wildman–Crippen LogP) is 3.37. The molecule has 1 saturated heterocycles. The van der Waals surface area contributed by atoms with Crippen LogP contribution in [0.4, 0.5) is 0 Å². The number of imidazole rings is 1. The number of aliphatic hydroxyl groups is 1. The molecule has 3 atom stereocenters. The summed E-state index contributed by atoms with van der Waals surface area (Å²) in [5.74, 6) is 2.98. The van der Waals surface area contributed by atoms with Crippen molar-refractivity contribution >= 4 is 0 Å². The number of nitrogens with one attached hydrogen (secondary N) is 1. The van der Waals surface area contributed by atoms with Crippen molar-refractivity contribution in [2.75, 3.05) is 19.6 Å². The van der Waals surface area contributed by atoms with Crippen molar-refractivity contribution in [3.8, 4) is 0 Å². The minimum atomic E-state index is -0.420. The lowest BCUT2D eigenvalue weighted by Crippen LogP contribution is -2.37. The third-order valence-corrected chi connectivity index (χ3v) is 5.78. The molecule has 3 rings (SSSR count). The molecule has 1 aliphatic heterocycles. The molecule has 0 aromatic carbocycles. The van der Waals surface area contributed by atoms with Crippen molar-refractivity contribution in [2.24, 2.45) is 17.8 Å². The molecule has 2 fully saturated rings. The molecule has 1 saturated carbocycles. The Morgan fingerprint density at radius 2 is 2.14 bits per heavy atom. The third-order valence-electron chi connectivity index (χ3n) is 5.78. The zero-order chi connectivity index (χ0) is 15.4. The fraction of sp³-hybridized carbons (Fsp3) is 0.833. The molecule has 1 aliphatic carbocycles. The highest BCUT2D eigenvalue weighted by molar-refractivity contribution is 4.95. The van der Waals surface area contributed by atoms with Gasteiger partial charge in [0.25, 0.3) is 0 Å². The lowest BCUT2D eigenvalue weighted by molar-refractivity contribution is 0.0511. The minimum Gasteiger partial charge on any atom is -0.385 e. The first-order valence-electron chi connectivity index (χ1n) is 9.12. The van der Waals surface area contributed by atoms with Gasteiger partial charge in [-0.05, 0) is 63.1 Å². The normalized spacial score (nSPS) is 29.5. The summed E-state index contributed by atoms with van der Waals surface area (Å²) >= 11 is 0. The van der Waals surface area contributed by atoms with Gasteiger partial charge >= 0.3 is 0 Å². The van der Waals surface area contributed by atoms with Crippen LogP contribution in [0, 0.1) is 17.8 Å². The zero-order valence-electron chi connectivity index (χ0n) is 13.9. The second kappa shape index (κ2) is 7.60. The van der Waals surface area contributed by atoms with E-state index in [1.54, 1.807) is 12.4 Å². The standard InChI is InChI=1S/C18H31N3O/c1-14-3-2-4-15(13-14)5-10-21-11-6-16(7-12-21)17(22)18-19-8-9-20-18/h8-9,14-17,22H,2-7,10-13H2,1H3,(H,19,20). The molecular weight excluding hydrogens is 274 g/mol. The van der Waals surface area contributed by atoms with Crippen LogP contribution in [0.1, 0.15) is 63.8 Å². The largest absolute Gasteiger partial charge is 0.385 e. The number of hydrogen-bond acceptors (Lipinski definition) is 3. The summed E-state index contributed by atoms with van der Waals surface area (Å²) in [6.07, 6.45) is 12.4. The van der Waals surface area contributed by atoms with Crippen molar-refractivity contribution in [1.82, 2.24) is 14.9 Å². The second-order valence-corrected chi connectivity index (χ2v) is 7.52. The molecular formula is C18H31N3O. The Bertz CT molecular complexity index is 426. The number of likely N-dealkylation sites (tertiary alicyclic amines) is 1. The van der Waals surface area contributed by atoms with E-state index < -0.39 is 6.10 Å². The lowest BCUT2D eigenvalue weighted by Gasteiger charge is -2.35. The number of aromatic amines is 1. The highest BCUT2D eigenvalue weighted by atomic mass is 16.3. The van der Waals surface area contributed by atoms with E-state index in [9.17, 15) is 5.11 Å². The van der Waals surface area contributed by atoms with E-state index >= 15 is 0 Å². The molecule has 22 heavy (non-hydrogen) atoms. The molecule has 0 radical (unpaired) electrons. The summed E-state index contributed by atoms with van der Waals surface area (Å²) in [7, 11) is 0. The van der Waals surface area contributed by atoms with Gasteiger partial charge in [-0.15, -0.1) is 0 Å². The van der Waals surface area contributed by atoms with E-state index in [2.05, 4.69) is 21.8 Å². The molecule has 0 spiro atoms. The third kappa shape index (κ3) is 4.11. The van der Waals surface area contributed by atoms with E-state index in [1.165, 1.54) is 38.6 Å². The molecule has 4 nitrogen and oxygen atoms in total. The van der Waals surface area contributed by atoms with Gasteiger partial charge in [0.1, 0.15) is 11.9 Å². The average Bonchev–Trinajstić information content (AvgIpc) is 3.07. The highest BCUT2D eigenvalue weighted by Gasteiger charge is 2.28. The maximum Gasteiger partial charge on any atom is 0.135 e. The number of H-pyrrole nitrogens is 1. The predicted molar refractivity (Wildman–Crippen MR) is 88.5 cm³/mol.